The molecule has 41 heavy (non-hydrogen) atoms. The van der Waals surface area contributed by atoms with E-state index >= 15 is 0 Å². The van der Waals surface area contributed by atoms with Crippen LogP contribution in [0.1, 0.15) is 40.2 Å². The third-order valence-corrected chi connectivity index (χ3v) is 9.93. The number of nitrogens with one attached hydrogen (secondary N) is 3. The van der Waals surface area contributed by atoms with Gasteiger partial charge in [0.2, 0.25) is 10.0 Å². The maximum Gasteiger partial charge on any atom is 0.261 e. The summed E-state index contributed by atoms with van der Waals surface area (Å²) in [6.07, 6.45) is 13.2. The molecule has 6 heterocycles. The molecule has 2 aliphatic heterocycles. The summed E-state index contributed by atoms with van der Waals surface area (Å²) in [7, 11) is -1.33. The van der Waals surface area contributed by atoms with Gasteiger partial charge in [0, 0.05) is 50.7 Å². The third kappa shape index (κ3) is 5.77. The molecule has 0 bridgehead atoms. The zero-order chi connectivity index (χ0) is 28.7. The Kier molecular flexibility index (Phi) is 7.40. The first-order chi connectivity index (χ1) is 19.7. The van der Waals surface area contributed by atoms with Gasteiger partial charge in [-0.15, -0.1) is 11.3 Å². The molecule has 0 spiro atoms. The van der Waals surface area contributed by atoms with Crippen molar-refractivity contribution < 1.29 is 13.2 Å². The zero-order valence-corrected chi connectivity index (χ0v) is 24.8. The first kappa shape index (κ1) is 27.6. The van der Waals surface area contributed by atoms with E-state index in [-0.39, 0.29) is 11.9 Å². The lowest BCUT2D eigenvalue weighted by Gasteiger charge is -2.30. The van der Waals surface area contributed by atoms with Crippen LogP contribution in [0.3, 0.4) is 0 Å². The summed E-state index contributed by atoms with van der Waals surface area (Å²) in [4.78, 5) is 23.5. The summed E-state index contributed by atoms with van der Waals surface area (Å²) in [6.45, 7) is 4.42. The molecular formula is C27H33N9O3S2. The van der Waals surface area contributed by atoms with Crippen molar-refractivity contribution in [3.63, 3.8) is 0 Å². The fourth-order valence-electron chi connectivity index (χ4n) is 5.30. The lowest BCUT2D eigenvalue weighted by atomic mass is 10.1. The lowest BCUT2D eigenvalue weighted by molar-refractivity contribution is 0.0927. The van der Waals surface area contributed by atoms with E-state index in [0.29, 0.717) is 42.3 Å². The van der Waals surface area contributed by atoms with E-state index in [2.05, 4.69) is 27.1 Å². The SMILES string of the molecule is Cc1cc(Nc2nc(C3=CCCNC3)cn3c(-c4cnn(C)c4)cnc23)sc1C(=O)NC1CCN(S(C)(=O)=O)CC1. The van der Waals surface area contributed by atoms with Gasteiger partial charge in [0.15, 0.2) is 11.5 Å². The van der Waals surface area contributed by atoms with Crippen LogP contribution in [0.2, 0.25) is 0 Å². The minimum Gasteiger partial charge on any atom is -0.349 e. The van der Waals surface area contributed by atoms with Crippen molar-refractivity contribution in [3.05, 3.63) is 53.1 Å². The van der Waals surface area contributed by atoms with Gasteiger partial charge in [-0.3, -0.25) is 13.9 Å². The van der Waals surface area contributed by atoms with Crippen molar-refractivity contribution in [2.75, 3.05) is 37.8 Å². The summed E-state index contributed by atoms with van der Waals surface area (Å²) >= 11 is 1.37. The Morgan fingerprint density at radius 1 is 1.20 bits per heavy atom. The highest BCUT2D eigenvalue weighted by Gasteiger charge is 2.27. The van der Waals surface area contributed by atoms with Gasteiger partial charge < -0.3 is 16.0 Å². The van der Waals surface area contributed by atoms with Crippen molar-refractivity contribution >= 4 is 49.3 Å². The molecule has 216 valence electrons. The largest absolute Gasteiger partial charge is 0.349 e. The highest BCUT2D eigenvalue weighted by Crippen LogP contribution is 2.33. The summed E-state index contributed by atoms with van der Waals surface area (Å²) in [6, 6.07) is 1.88. The number of hydrogen-bond donors (Lipinski definition) is 3. The monoisotopic (exact) mass is 595 g/mol. The normalized spacial score (nSPS) is 17.1. The van der Waals surface area contributed by atoms with Gasteiger partial charge in [0.1, 0.15) is 0 Å². The highest BCUT2D eigenvalue weighted by atomic mass is 32.2. The number of hydrogen-bond acceptors (Lipinski definition) is 9. The van der Waals surface area contributed by atoms with E-state index in [1.54, 1.807) is 4.68 Å². The number of amides is 1. The highest BCUT2D eigenvalue weighted by molar-refractivity contribution is 7.88. The van der Waals surface area contributed by atoms with Crippen LogP contribution in [-0.2, 0) is 17.1 Å². The van der Waals surface area contributed by atoms with Gasteiger partial charge in [0.25, 0.3) is 5.91 Å². The number of nitrogens with zero attached hydrogens (tertiary/aromatic N) is 6. The predicted molar refractivity (Wildman–Crippen MR) is 160 cm³/mol. The number of piperidine rings is 1. The quantitative estimate of drug-likeness (QED) is 0.297. The second-order valence-corrected chi connectivity index (χ2v) is 13.6. The number of aromatic nitrogens is 5. The molecule has 0 radical (unpaired) electrons. The molecular weight excluding hydrogens is 562 g/mol. The number of aryl methyl sites for hydroxylation is 2. The van der Waals surface area contributed by atoms with Crippen LogP contribution in [0.15, 0.2) is 36.9 Å². The number of anilines is 2. The molecule has 1 saturated heterocycles. The lowest BCUT2D eigenvalue weighted by Crippen LogP contribution is -2.46. The molecule has 14 heteroatoms. The average molecular weight is 596 g/mol. The number of carbonyl (C=O) groups is 1. The Balaban J connectivity index is 1.27. The Morgan fingerprint density at radius 2 is 2.00 bits per heavy atom. The predicted octanol–water partition coefficient (Wildman–Crippen LogP) is 2.77. The number of rotatable bonds is 7. The summed E-state index contributed by atoms with van der Waals surface area (Å²) in [5.41, 5.74) is 5.36. The van der Waals surface area contributed by atoms with E-state index in [0.717, 1.165) is 52.6 Å². The van der Waals surface area contributed by atoms with Gasteiger partial charge in [-0.05, 0) is 49.9 Å². The van der Waals surface area contributed by atoms with Gasteiger partial charge in [-0.2, -0.15) is 5.10 Å². The Morgan fingerprint density at radius 3 is 2.68 bits per heavy atom. The van der Waals surface area contributed by atoms with Gasteiger partial charge in [-0.25, -0.2) is 22.7 Å². The minimum absolute atomic E-state index is 0.0652. The van der Waals surface area contributed by atoms with Crippen molar-refractivity contribution in [2.24, 2.45) is 7.05 Å². The molecule has 6 rings (SSSR count). The Hall–Kier alpha value is -3.59. The van der Waals surface area contributed by atoms with Crippen LogP contribution in [0.25, 0.3) is 22.5 Å². The average Bonchev–Trinajstić information content (AvgIpc) is 3.67. The number of sulfonamides is 1. The van der Waals surface area contributed by atoms with Crippen LogP contribution < -0.4 is 16.0 Å². The molecule has 2 aliphatic rings. The summed E-state index contributed by atoms with van der Waals surface area (Å²) in [5, 5.41) is 15.1. The van der Waals surface area contributed by atoms with Crippen LogP contribution in [-0.4, -0.2) is 81.3 Å². The molecule has 0 unspecified atom stereocenters. The minimum atomic E-state index is -3.21. The molecule has 0 aliphatic carbocycles. The summed E-state index contributed by atoms with van der Waals surface area (Å²) < 4.78 is 28.9. The first-order valence-electron chi connectivity index (χ1n) is 13.6. The molecule has 12 nitrogen and oxygen atoms in total. The molecule has 4 aromatic rings. The molecule has 3 N–H and O–H groups in total. The van der Waals surface area contributed by atoms with Gasteiger partial charge in [0.05, 0.1) is 39.9 Å². The Labute approximate surface area is 242 Å². The number of imidazole rings is 1. The van der Waals surface area contributed by atoms with Crippen molar-refractivity contribution in [3.8, 4) is 11.3 Å². The first-order valence-corrected chi connectivity index (χ1v) is 16.2. The van der Waals surface area contributed by atoms with Crippen molar-refractivity contribution in [2.45, 2.75) is 32.2 Å². The van der Waals surface area contributed by atoms with Crippen LogP contribution >= 0.6 is 11.3 Å². The van der Waals surface area contributed by atoms with E-state index < -0.39 is 10.0 Å². The maximum absolute atomic E-state index is 13.2. The Bertz CT molecular complexity index is 1740. The van der Waals surface area contributed by atoms with Crippen LogP contribution in [0, 0.1) is 6.92 Å². The van der Waals surface area contributed by atoms with Crippen molar-refractivity contribution in [1.29, 1.82) is 0 Å². The molecule has 1 fully saturated rings. The van der Waals surface area contributed by atoms with Crippen LogP contribution in [0.5, 0.6) is 0 Å². The second kappa shape index (κ2) is 11.0. The molecule has 0 aromatic carbocycles. The second-order valence-electron chi connectivity index (χ2n) is 10.6. The van der Waals surface area contributed by atoms with E-state index in [1.165, 1.54) is 21.9 Å². The third-order valence-electron chi connectivity index (χ3n) is 7.47. The maximum atomic E-state index is 13.2. The molecule has 0 atom stereocenters. The number of fused-ring (bicyclic) bond motifs is 1. The topological polar surface area (TPSA) is 139 Å². The van der Waals surface area contributed by atoms with E-state index in [9.17, 15) is 13.2 Å². The van der Waals surface area contributed by atoms with Crippen molar-refractivity contribution in [1.82, 2.24) is 39.1 Å². The van der Waals surface area contributed by atoms with E-state index in [4.69, 9.17) is 9.97 Å². The molecule has 0 saturated carbocycles. The van der Waals surface area contributed by atoms with Gasteiger partial charge >= 0.3 is 0 Å². The fraction of sp³-hybridized carbons (Fsp3) is 0.407. The zero-order valence-electron chi connectivity index (χ0n) is 23.2. The van der Waals surface area contributed by atoms with Crippen LogP contribution in [0.4, 0.5) is 10.8 Å². The fourth-order valence-corrected chi connectivity index (χ4v) is 7.15. The molecule has 1 amide bonds. The van der Waals surface area contributed by atoms with Gasteiger partial charge in [-0.1, -0.05) is 6.08 Å². The summed E-state index contributed by atoms with van der Waals surface area (Å²) in [5.74, 6) is 0.453. The smallest absolute Gasteiger partial charge is 0.261 e. The standard InChI is InChI=1S/C27H33N9O3S2/c1-17-11-23(40-24(17)27(37)31-20-6-9-35(10-7-20)41(3,38)39)33-25-26-29-14-22(19-13-30-34(2)15-19)36(26)16-21(32-25)18-5-4-8-28-12-18/h5,11,13-16,20,28H,4,6-10,12H2,1-3H3,(H,31,37)(H,32,33). The molecule has 4 aromatic heterocycles. The number of thiophene rings is 1. The number of carbonyl (C=O) groups excluding carboxylic acids is 1. The van der Waals surface area contributed by atoms with E-state index in [1.807, 2.05) is 49.2 Å².